The van der Waals surface area contributed by atoms with E-state index in [2.05, 4.69) is 10.1 Å². The van der Waals surface area contributed by atoms with Crippen LogP contribution in [0.1, 0.15) is 11.1 Å². The van der Waals surface area contributed by atoms with E-state index in [9.17, 15) is 13.7 Å². The second kappa shape index (κ2) is 6.76. The molecule has 0 heterocycles. The fourth-order valence-electron chi connectivity index (χ4n) is 1.98. The smallest absolute Gasteiger partial charge is 0.207 e. The Morgan fingerprint density at radius 3 is 2.43 bits per heavy atom. The van der Waals surface area contributed by atoms with Gasteiger partial charge in [-0.15, -0.1) is 0 Å². The van der Waals surface area contributed by atoms with Crippen molar-refractivity contribution >= 4 is 26.5 Å². The van der Waals surface area contributed by atoms with Gasteiger partial charge in [0.05, 0.1) is 25.8 Å². The van der Waals surface area contributed by atoms with Crippen LogP contribution in [0.15, 0.2) is 57.2 Å². The van der Waals surface area contributed by atoms with E-state index >= 15 is 0 Å². The Bertz CT molecular complexity index is 968. The van der Waals surface area contributed by atoms with Crippen molar-refractivity contribution in [2.75, 3.05) is 7.11 Å². The van der Waals surface area contributed by atoms with Crippen LogP contribution in [0.3, 0.4) is 0 Å². The van der Waals surface area contributed by atoms with Crippen molar-refractivity contribution in [2.24, 2.45) is 0 Å². The number of hydrogen-bond donors (Lipinski definition) is 0. The SMILES string of the molecule is C=S([OH+]C)c1cccc(S(=O)(=O)c2cccc(C#N)c2C#N)c1. The first-order valence-electron chi connectivity index (χ1n) is 6.38. The Labute approximate surface area is 137 Å². The third-order valence-corrected chi connectivity index (χ3v) is 6.19. The highest BCUT2D eigenvalue weighted by Gasteiger charge is 2.24. The summed E-state index contributed by atoms with van der Waals surface area (Å²) in [4.78, 5) is 0.559. The average Bonchev–Trinajstić information content (AvgIpc) is 2.60. The zero-order chi connectivity index (χ0) is 17.0. The van der Waals surface area contributed by atoms with Crippen LogP contribution < -0.4 is 0 Å². The molecule has 1 unspecified atom stereocenters. The average molecular weight is 345 g/mol. The first-order chi connectivity index (χ1) is 11.0. The normalized spacial score (nSPS) is 12.1. The molecule has 2 aromatic rings. The maximum Gasteiger partial charge on any atom is 0.207 e. The molecule has 0 aliphatic heterocycles. The minimum absolute atomic E-state index is 0.0326. The van der Waals surface area contributed by atoms with Gasteiger partial charge in [-0.1, -0.05) is 12.1 Å². The van der Waals surface area contributed by atoms with Gasteiger partial charge in [-0.25, -0.2) is 8.42 Å². The van der Waals surface area contributed by atoms with Crippen molar-refractivity contribution in [3.63, 3.8) is 0 Å². The van der Waals surface area contributed by atoms with Crippen LogP contribution >= 0.6 is 10.8 Å². The first-order valence-corrected chi connectivity index (χ1v) is 9.21. The molecule has 2 rings (SSSR count). The second-order valence-electron chi connectivity index (χ2n) is 4.43. The summed E-state index contributed by atoms with van der Waals surface area (Å²) in [6.07, 6.45) is 0. The summed E-state index contributed by atoms with van der Waals surface area (Å²) in [5.74, 6) is 3.85. The Hall–Kier alpha value is -2.45. The fraction of sp³-hybridized carbons (Fsp3) is 0.0625. The second-order valence-corrected chi connectivity index (χ2v) is 7.91. The third kappa shape index (κ3) is 3.17. The molecular weight excluding hydrogens is 332 g/mol. The van der Waals surface area contributed by atoms with Gasteiger partial charge in [0.2, 0.25) is 9.84 Å². The van der Waals surface area contributed by atoms with E-state index in [1.807, 2.05) is 12.1 Å². The van der Waals surface area contributed by atoms with Crippen LogP contribution in [-0.2, 0) is 9.84 Å². The molecule has 0 saturated heterocycles. The molecule has 1 atom stereocenters. The molecular formula is C16H13N2O3S2+. The van der Waals surface area contributed by atoms with Crippen LogP contribution in [0.25, 0.3) is 0 Å². The molecule has 0 radical (unpaired) electrons. The van der Waals surface area contributed by atoms with Gasteiger partial charge >= 0.3 is 0 Å². The summed E-state index contributed by atoms with van der Waals surface area (Å²) in [6, 6.07) is 14.1. The molecule has 0 amide bonds. The summed E-state index contributed by atoms with van der Waals surface area (Å²) in [5.41, 5.74) is -0.112. The van der Waals surface area contributed by atoms with Crippen molar-refractivity contribution in [2.45, 2.75) is 14.7 Å². The largest absolute Gasteiger partial charge is 0.368 e. The first kappa shape index (κ1) is 16.9. The summed E-state index contributed by atoms with van der Waals surface area (Å²) in [6.45, 7) is 0. The summed E-state index contributed by atoms with van der Waals surface area (Å²) in [7, 11) is -2.97. The van der Waals surface area contributed by atoms with E-state index in [-0.39, 0.29) is 20.9 Å². The van der Waals surface area contributed by atoms with Gasteiger partial charge in [0, 0.05) is 5.87 Å². The number of rotatable bonds is 4. The maximum absolute atomic E-state index is 12.8. The van der Waals surface area contributed by atoms with E-state index in [1.54, 1.807) is 19.2 Å². The van der Waals surface area contributed by atoms with Crippen molar-refractivity contribution < 1.29 is 12.6 Å². The van der Waals surface area contributed by atoms with Gasteiger partial charge in [-0.2, -0.15) is 10.5 Å². The fourth-order valence-corrected chi connectivity index (χ4v) is 4.24. The number of aliphatic hydroxyl groups is 1. The van der Waals surface area contributed by atoms with Gasteiger partial charge < -0.3 is 4.18 Å². The van der Waals surface area contributed by atoms with E-state index in [1.165, 1.54) is 30.3 Å². The molecule has 116 valence electrons. The van der Waals surface area contributed by atoms with Gasteiger partial charge in [0.15, 0.2) is 0 Å². The van der Waals surface area contributed by atoms with Gasteiger partial charge in [-0.3, -0.25) is 0 Å². The summed E-state index contributed by atoms with van der Waals surface area (Å²) in [5, 5.41) is 18.3. The number of nitriles is 2. The zero-order valence-corrected chi connectivity index (χ0v) is 13.9. The predicted octanol–water partition coefficient (Wildman–Crippen LogP) is 2.40. The lowest BCUT2D eigenvalue weighted by Gasteiger charge is -2.09. The molecule has 2 aromatic carbocycles. The molecule has 0 bridgehead atoms. The van der Waals surface area contributed by atoms with Crippen LogP contribution in [0.5, 0.6) is 0 Å². The van der Waals surface area contributed by atoms with Gasteiger partial charge in [-0.05, 0) is 30.3 Å². The maximum atomic E-state index is 12.8. The monoisotopic (exact) mass is 345 g/mol. The van der Waals surface area contributed by atoms with E-state index in [4.69, 9.17) is 5.26 Å². The summed E-state index contributed by atoms with van der Waals surface area (Å²) < 4.78 is 29.7. The van der Waals surface area contributed by atoms with Gasteiger partial charge in [0.1, 0.15) is 30.0 Å². The highest BCUT2D eigenvalue weighted by Crippen LogP contribution is 2.30. The molecule has 1 N–H and O–H groups in total. The molecule has 0 aliphatic carbocycles. The number of sulfone groups is 1. The predicted molar refractivity (Wildman–Crippen MR) is 88.9 cm³/mol. The van der Waals surface area contributed by atoms with E-state index < -0.39 is 20.6 Å². The number of nitrogens with zero attached hydrogens (tertiary/aromatic N) is 2. The van der Waals surface area contributed by atoms with Crippen molar-refractivity contribution in [3.8, 4) is 12.1 Å². The Balaban J connectivity index is 2.68. The Morgan fingerprint density at radius 1 is 1.13 bits per heavy atom. The minimum Gasteiger partial charge on any atom is -0.368 e. The Morgan fingerprint density at radius 2 is 1.83 bits per heavy atom. The van der Waals surface area contributed by atoms with E-state index in [0.717, 1.165) is 0 Å². The van der Waals surface area contributed by atoms with Crippen LogP contribution in [0, 0.1) is 22.7 Å². The molecule has 0 spiro atoms. The lowest BCUT2D eigenvalue weighted by atomic mass is 10.1. The number of benzene rings is 2. The molecule has 0 fully saturated rings. The minimum atomic E-state index is -3.92. The zero-order valence-electron chi connectivity index (χ0n) is 12.2. The summed E-state index contributed by atoms with van der Waals surface area (Å²) >= 11 is 0. The van der Waals surface area contributed by atoms with Gasteiger partial charge in [0.25, 0.3) is 0 Å². The quantitative estimate of drug-likeness (QED) is 0.628. The van der Waals surface area contributed by atoms with E-state index in [0.29, 0.717) is 4.90 Å². The molecule has 0 aromatic heterocycles. The molecule has 0 saturated carbocycles. The standard InChI is InChI=1S/C16H12N2O3S2/c1-21-22(2)13-6-4-7-14(9-13)23(19,20)16-8-3-5-12(10-17)15(16)11-18/h3-9H,2H2,1H3/p+1. The third-order valence-electron chi connectivity index (χ3n) is 3.16. The number of hydrogen-bond acceptors (Lipinski definition) is 4. The van der Waals surface area contributed by atoms with Crippen LogP contribution in [-0.4, -0.2) is 25.6 Å². The molecule has 7 heteroatoms. The van der Waals surface area contributed by atoms with Crippen LogP contribution in [0.2, 0.25) is 0 Å². The topological polar surface area (TPSA) is 94.5 Å². The highest BCUT2D eigenvalue weighted by molar-refractivity contribution is 8.09. The molecule has 0 aliphatic rings. The van der Waals surface area contributed by atoms with Crippen molar-refractivity contribution in [1.82, 2.24) is 0 Å². The van der Waals surface area contributed by atoms with Crippen molar-refractivity contribution in [1.29, 1.82) is 10.5 Å². The molecule has 23 heavy (non-hydrogen) atoms. The Kier molecular flexibility index (Phi) is 4.97. The lowest BCUT2D eigenvalue weighted by Crippen LogP contribution is -2.06. The highest BCUT2D eigenvalue weighted by atomic mass is 32.2. The van der Waals surface area contributed by atoms with Crippen LogP contribution in [0.4, 0.5) is 0 Å². The molecule has 5 nitrogen and oxygen atoms in total. The van der Waals surface area contributed by atoms with Crippen molar-refractivity contribution in [3.05, 3.63) is 53.6 Å². The lowest BCUT2D eigenvalue weighted by molar-refractivity contribution is 0.272.